The molecule has 1 amide bonds. The minimum Gasteiger partial charge on any atom is -0.507 e. The van der Waals surface area contributed by atoms with Gasteiger partial charge in [-0.05, 0) is 48.9 Å². The molecular formula is C26H20BrF2NO5. The monoisotopic (exact) mass is 543 g/mol. The fraction of sp³-hybridized carbons (Fsp3) is 0.154. The van der Waals surface area contributed by atoms with Crippen LogP contribution in [-0.2, 0) is 9.59 Å². The van der Waals surface area contributed by atoms with Crippen LogP contribution in [0.25, 0.3) is 5.76 Å². The molecule has 3 aromatic rings. The number of ether oxygens (including phenoxy) is 2. The van der Waals surface area contributed by atoms with Gasteiger partial charge in [-0.2, -0.15) is 0 Å². The van der Waals surface area contributed by atoms with Crippen molar-refractivity contribution in [3.8, 4) is 11.5 Å². The number of rotatable bonds is 6. The van der Waals surface area contributed by atoms with E-state index in [1.54, 1.807) is 49.4 Å². The minimum absolute atomic E-state index is 0.242. The lowest BCUT2D eigenvalue weighted by Crippen LogP contribution is -2.30. The number of hydrogen-bond acceptors (Lipinski definition) is 5. The van der Waals surface area contributed by atoms with Crippen LogP contribution in [0, 0.1) is 11.6 Å². The van der Waals surface area contributed by atoms with E-state index in [0.717, 1.165) is 21.5 Å². The van der Waals surface area contributed by atoms with Crippen LogP contribution >= 0.6 is 15.9 Å². The highest BCUT2D eigenvalue weighted by Gasteiger charge is 2.48. The Labute approximate surface area is 208 Å². The van der Waals surface area contributed by atoms with Gasteiger partial charge in [0.1, 0.15) is 17.4 Å². The van der Waals surface area contributed by atoms with Crippen LogP contribution in [0.4, 0.5) is 14.5 Å². The van der Waals surface area contributed by atoms with Gasteiger partial charge in [0, 0.05) is 16.1 Å². The van der Waals surface area contributed by atoms with Gasteiger partial charge in [-0.3, -0.25) is 14.5 Å². The third-order valence-electron chi connectivity index (χ3n) is 5.53. The van der Waals surface area contributed by atoms with Crippen molar-refractivity contribution in [1.82, 2.24) is 0 Å². The van der Waals surface area contributed by atoms with E-state index >= 15 is 0 Å². The molecular weight excluding hydrogens is 524 g/mol. The van der Waals surface area contributed by atoms with Gasteiger partial charge in [-0.1, -0.05) is 34.1 Å². The number of hydrogen-bond donors (Lipinski definition) is 1. The summed E-state index contributed by atoms with van der Waals surface area (Å²) in [5.41, 5.74) is 0.0981. The zero-order chi connectivity index (χ0) is 25.3. The van der Waals surface area contributed by atoms with Gasteiger partial charge in [-0.15, -0.1) is 0 Å². The normalized spacial score (nSPS) is 17.1. The van der Waals surface area contributed by atoms with Crippen LogP contribution in [-0.4, -0.2) is 30.5 Å². The highest BCUT2D eigenvalue weighted by molar-refractivity contribution is 9.10. The Kier molecular flexibility index (Phi) is 6.88. The minimum atomic E-state index is -1.22. The molecule has 1 N–H and O–H groups in total. The number of methoxy groups -OCH3 is 1. The largest absolute Gasteiger partial charge is 0.507 e. The molecule has 35 heavy (non-hydrogen) atoms. The molecule has 1 unspecified atom stereocenters. The van der Waals surface area contributed by atoms with Gasteiger partial charge in [0.2, 0.25) is 0 Å². The van der Waals surface area contributed by atoms with Crippen LogP contribution < -0.4 is 14.4 Å². The summed E-state index contributed by atoms with van der Waals surface area (Å²) in [4.78, 5) is 27.3. The van der Waals surface area contributed by atoms with Crippen LogP contribution in [0.2, 0.25) is 0 Å². The molecule has 9 heteroatoms. The first-order valence-electron chi connectivity index (χ1n) is 10.6. The molecule has 0 saturated carbocycles. The summed E-state index contributed by atoms with van der Waals surface area (Å²) in [6.45, 7) is 2.09. The van der Waals surface area contributed by atoms with Crippen LogP contribution in [0.15, 0.2) is 70.7 Å². The lowest BCUT2D eigenvalue weighted by atomic mass is 9.94. The second-order valence-electron chi connectivity index (χ2n) is 7.62. The van der Waals surface area contributed by atoms with Crippen molar-refractivity contribution in [1.29, 1.82) is 0 Å². The highest BCUT2D eigenvalue weighted by atomic mass is 79.9. The number of Topliss-reactive ketones (excluding diaryl/α,β-unsaturated/α-hetero) is 1. The first-order valence-corrected chi connectivity index (χ1v) is 11.4. The molecule has 1 atom stereocenters. The maximum absolute atomic E-state index is 14.8. The van der Waals surface area contributed by atoms with Crippen molar-refractivity contribution in [3.63, 3.8) is 0 Å². The molecule has 1 saturated heterocycles. The molecule has 180 valence electrons. The molecule has 1 aliphatic rings. The fourth-order valence-corrected chi connectivity index (χ4v) is 4.23. The zero-order valence-electron chi connectivity index (χ0n) is 18.7. The summed E-state index contributed by atoms with van der Waals surface area (Å²) in [6.07, 6.45) is 0. The lowest BCUT2D eigenvalue weighted by Gasteiger charge is -2.26. The van der Waals surface area contributed by atoms with E-state index in [1.165, 1.54) is 7.11 Å². The molecule has 1 fully saturated rings. The standard InChI is InChI=1S/C26H20BrF2NO5/c1-3-35-21-12-15(6-11-20(21)34-2)23-22(24(31)14-4-7-16(27)8-5-14)25(32)26(33)30(23)19-10-9-17(28)13-18(19)29/h4-13,23,31H,3H2,1-2H3/b24-22+. The number of carbonyl (C=O) groups excluding carboxylic acids is 2. The van der Waals surface area contributed by atoms with Gasteiger partial charge in [-0.25, -0.2) is 8.78 Å². The van der Waals surface area contributed by atoms with Crippen molar-refractivity contribution in [2.75, 3.05) is 18.6 Å². The Morgan fingerprint density at radius 1 is 1.03 bits per heavy atom. The van der Waals surface area contributed by atoms with E-state index in [1.807, 2.05) is 0 Å². The number of carbonyl (C=O) groups is 2. The number of aliphatic hydroxyl groups is 1. The van der Waals surface area contributed by atoms with E-state index in [4.69, 9.17) is 9.47 Å². The van der Waals surface area contributed by atoms with Gasteiger partial charge < -0.3 is 14.6 Å². The first-order chi connectivity index (χ1) is 16.8. The molecule has 1 aliphatic heterocycles. The smallest absolute Gasteiger partial charge is 0.300 e. The Morgan fingerprint density at radius 2 is 1.74 bits per heavy atom. The molecule has 4 rings (SSSR count). The van der Waals surface area contributed by atoms with Crippen molar-refractivity contribution in [2.24, 2.45) is 0 Å². The highest BCUT2D eigenvalue weighted by Crippen LogP contribution is 2.44. The Hall–Kier alpha value is -3.72. The third kappa shape index (κ3) is 4.51. The van der Waals surface area contributed by atoms with E-state index in [0.29, 0.717) is 29.7 Å². The number of aliphatic hydroxyl groups excluding tert-OH is 1. The number of amides is 1. The molecule has 0 radical (unpaired) electrons. The maximum atomic E-state index is 14.8. The lowest BCUT2D eigenvalue weighted by molar-refractivity contribution is -0.132. The van der Waals surface area contributed by atoms with Crippen LogP contribution in [0.5, 0.6) is 11.5 Å². The summed E-state index contributed by atoms with van der Waals surface area (Å²) in [5, 5.41) is 11.1. The molecule has 0 spiro atoms. The van der Waals surface area contributed by atoms with Gasteiger partial charge in [0.05, 0.1) is 31.0 Å². The van der Waals surface area contributed by atoms with Crippen molar-refractivity contribution >= 4 is 39.1 Å². The SMILES string of the molecule is CCOc1cc(C2/C(=C(\O)c3ccc(Br)cc3)C(=O)C(=O)N2c2ccc(F)cc2F)ccc1OC. The van der Waals surface area contributed by atoms with E-state index < -0.39 is 35.1 Å². The van der Waals surface area contributed by atoms with Gasteiger partial charge in [0.25, 0.3) is 11.7 Å². The second kappa shape index (κ2) is 9.87. The topological polar surface area (TPSA) is 76.1 Å². The quantitative estimate of drug-likeness (QED) is 0.243. The molecule has 6 nitrogen and oxygen atoms in total. The number of halogens is 3. The Bertz CT molecular complexity index is 1340. The Balaban J connectivity index is 1.98. The molecule has 0 aromatic heterocycles. The Morgan fingerprint density at radius 3 is 2.37 bits per heavy atom. The summed E-state index contributed by atoms with van der Waals surface area (Å²) in [7, 11) is 1.46. The summed E-state index contributed by atoms with van der Waals surface area (Å²) < 4.78 is 40.1. The van der Waals surface area contributed by atoms with Crippen LogP contribution in [0.3, 0.4) is 0 Å². The van der Waals surface area contributed by atoms with Crippen molar-refractivity contribution in [3.05, 3.63) is 93.5 Å². The molecule has 0 aliphatic carbocycles. The van der Waals surface area contributed by atoms with E-state index in [-0.39, 0.29) is 16.8 Å². The van der Waals surface area contributed by atoms with Crippen molar-refractivity contribution < 1.29 is 33.0 Å². The van der Waals surface area contributed by atoms with Gasteiger partial charge >= 0.3 is 0 Å². The fourth-order valence-electron chi connectivity index (χ4n) is 3.97. The van der Waals surface area contributed by atoms with Crippen LogP contribution in [0.1, 0.15) is 24.1 Å². The average molecular weight is 544 g/mol. The van der Waals surface area contributed by atoms with E-state index in [9.17, 15) is 23.5 Å². The summed E-state index contributed by atoms with van der Waals surface area (Å²) in [6, 6.07) is 12.7. The predicted octanol–water partition coefficient (Wildman–Crippen LogP) is 5.76. The predicted molar refractivity (Wildman–Crippen MR) is 129 cm³/mol. The van der Waals surface area contributed by atoms with Crippen molar-refractivity contribution in [2.45, 2.75) is 13.0 Å². The number of ketones is 1. The third-order valence-corrected chi connectivity index (χ3v) is 6.06. The molecule has 0 bridgehead atoms. The van der Waals surface area contributed by atoms with E-state index in [2.05, 4.69) is 15.9 Å². The number of nitrogens with zero attached hydrogens (tertiary/aromatic N) is 1. The maximum Gasteiger partial charge on any atom is 0.300 e. The summed E-state index contributed by atoms with van der Waals surface area (Å²) >= 11 is 3.31. The number of benzene rings is 3. The molecule has 3 aromatic carbocycles. The first kappa shape index (κ1) is 24.4. The zero-order valence-corrected chi connectivity index (χ0v) is 20.3. The number of anilines is 1. The second-order valence-corrected chi connectivity index (χ2v) is 8.53. The average Bonchev–Trinajstić information content (AvgIpc) is 3.10. The summed E-state index contributed by atoms with van der Waals surface area (Å²) in [5.74, 6) is -3.62. The van der Waals surface area contributed by atoms with Gasteiger partial charge in [0.15, 0.2) is 11.5 Å². The molecule has 1 heterocycles.